The van der Waals surface area contributed by atoms with Gasteiger partial charge in [0.25, 0.3) is 11.8 Å². The number of rotatable bonds is 4. The second-order valence-corrected chi connectivity index (χ2v) is 6.75. The van der Waals surface area contributed by atoms with Crippen LogP contribution in [0.5, 0.6) is 0 Å². The van der Waals surface area contributed by atoms with Crippen molar-refractivity contribution >= 4 is 17.5 Å². The van der Waals surface area contributed by atoms with E-state index in [2.05, 4.69) is 10.6 Å². The number of carbonyl (C=O) groups excluding carboxylic acids is 2. The third-order valence-corrected chi connectivity index (χ3v) is 4.95. The number of anilines is 1. The monoisotopic (exact) mass is 351 g/mol. The van der Waals surface area contributed by atoms with Gasteiger partial charge in [0, 0.05) is 29.9 Å². The molecule has 5 heteroatoms. The SMILES string of the molecule is Cc1ccc(C(=O)N(C)C2CCNCC2)cc1NC(=O)c1ccccc1. The van der Waals surface area contributed by atoms with Gasteiger partial charge in [0.2, 0.25) is 0 Å². The van der Waals surface area contributed by atoms with Crippen LogP contribution in [0, 0.1) is 6.92 Å². The van der Waals surface area contributed by atoms with Gasteiger partial charge in [0.15, 0.2) is 0 Å². The molecule has 0 saturated carbocycles. The number of piperidine rings is 1. The van der Waals surface area contributed by atoms with Gasteiger partial charge in [-0.3, -0.25) is 9.59 Å². The van der Waals surface area contributed by atoms with E-state index in [0.717, 1.165) is 31.5 Å². The standard InChI is InChI=1S/C21H25N3O2/c1-15-8-9-17(21(26)24(2)18-10-12-22-13-11-18)14-19(15)23-20(25)16-6-4-3-5-7-16/h3-9,14,18,22H,10-13H2,1-2H3,(H,23,25). The third-order valence-electron chi connectivity index (χ3n) is 4.95. The lowest BCUT2D eigenvalue weighted by molar-refractivity contribution is 0.0703. The van der Waals surface area contributed by atoms with Crippen molar-refractivity contribution in [1.29, 1.82) is 0 Å². The summed E-state index contributed by atoms with van der Waals surface area (Å²) >= 11 is 0. The van der Waals surface area contributed by atoms with E-state index >= 15 is 0 Å². The molecule has 0 aliphatic carbocycles. The van der Waals surface area contributed by atoms with E-state index < -0.39 is 0 Å². The molecule has 1 aliphatic rings. The van der Waals surface area contributed by atoms with Crippen LogP contribution in [0.2, 0.25) is 0 Å². The molecule has 2 N–H and O–H groups in total. The molecule has 1 aliphatic heterocycles. The Hall–Kier alpha value is -2.66. The Morgan fingerprint density at radius 2 is 1.73 bits per heavy atom. The van der Waals surface area contributed by atoms with E-state index in [1.807, 2.05) is 49.2 Å². The van der Waals surface area contributed by atoms with Gasteiger partial charge in [-0.2, -0.15) is 0 Å². The van der Waals surface area contributed by atoms with Crippen molar-refractivity contribution in [2.24, 2.45) is 0 Å². The minimum atomic E-state index is -0.176. The lowest BCUT2D eigenvalue weighted by Crippen LogP contribution is -2.44. The van der Waals surface area contributed by atoms with Gasteiger partial charge in [-0.05, 0) is 62.7 Å². The van der Waals surface area contributed by atoms with Crippen molar-refractivity contribution in [2.75, 3.05) is 25.5 Å². The number of nitrogens with one attached hydrogen (secondary N) is 2. The van der Waals surface area contributed by atoms with Gasteiger partial charge < -0.3 is 15.5 Å². The normalized spacial score (nSPS) is 14.7. The molecule has 2 aromatic rings. The molecule has 1 heterocycles. The highest BCUT2D eigenvalue weighted by Crippen LogP contribution is 2.21. The zero-order valence-electron chi connectivity index (χ0n) is 15.3. The number of carbonyl (C=O) groups is 2. The zero-order valence-corrected chi connectivity index (χ0v) is 15.3. The summed E-state index contributed by atoms with van der Waals surface area (Å²) in [6, 6.07) is 14.8. The molecule has 26 heavy (non-hydrogen) atoms. The summed E-state index contributed by atoms with van der Waals surface area (Å²) in [5.74, 6) is -0.183. The lowest BCUT2D eigenvalue weighted by Gasteiger charge is -2.31. The number of amides is 2. The molecule has 5 nitrogen and oxygen atoms in total. The zero-order chi connectivity index (χ0) is 18.5. The first-order valence-corrected chi connectivity index (χ1v) is 9.01. The van der Waals surface area contributed by atoms with Crippen molar-refractivity contribution in [2.45, 2.75) is 25.8 Å². The predicted molar refractivity (Wildman–Crippen MR) is 104 cm³/mol. The minimum absolute atomic E-state index is 0.00731. The fourth-order valence-corrected chi connectivity index (χ4v) is 3.24. The van der Waals surface area contributed by atoms with E-state index in [-0.39, 0.29) is 17.9 Å². The quantitative estimate of drug-likeness (QED) is 0.890. The Morgan fingerprint density at radius 3 is 2.42 bits per heavy atom. The molecule has 2 amide bonds. The first kappa shape index (κ1) is 18.1. The Kier molecular flexibility index (Phi) is 5.68. The van der Waals surface area contributed by atoms with Crippen LogP contribution < -0.4 is 10.6 Å². The molecule has 0 atom stereocenters. The van der Waals surface area contributed by atoms with Crippen LogP contribution in [0.3, 0.4) is 0 Å². The molecule has 3 rings (SSSR count). The Labute approximate surface area is 154 Å². The summed E-state index contributed by atoms with van der Waals surface area (Å²) in [5, 5.41) is 6.24. The summed E-state index contributed by atoms with van der Waals surface area (Å²) in [4.78, 5) is 27.1. The average molecular weight is 351 g/mol. The van der Waals surface area contributed by atoms with E-state index in [4.69, 9.17) is 0 Å². The highest BCUT2D eigenvalue weighted by Gasteiger charge is 2.23. The van der Waals surface area contributed by atoms with Crippen LogP contribution in [0.4, 0.5) is 5.69 Å². The van der Waals surface area contributed by atoms with Crippen LogP contribution in [-0.4, -0.2) is 42.9 Å². The smallest absolute Gasteiger partial charge is 0.255 e. The number of hydrogen-bond donors (Lipinski definition) is 2. The molecule has 0 spiro atoms. The molecule has 2 aromatic carbocycles. The minimum Gasteiger partial charge on any atom is -0.339 e. The first-order chi connectivity index (χ1) is 12.6. The van der Waals surface area contributed by atoms with Crippen LogP contribution in [0.1, 0.15) is 39.1 Å². The summed E-state index contributed by atoms with van der Waals surface area (Å²) in [7, 11) is 1.86. The summed E-state index contributed by atoms with van der Waals surface area (Å²) in [6.45, 7) is 3.80. The van der Waals surface area contributed by atoms with Gasteiger partial charge in [-0.25, -0.2) is 0 Å². The largest absolute Gasteiger partial charge is 0.339 e. The molecule has 0 bridgehead atoms. The van der Waals surface area contributed by atoms with Crippen LogP contribution in [-0.2, 0) is 0 Å². The average Bonchev–Trinajstić information content (AvgIpc) is 2.70. The summed E-state index contributed by atoms with van der Waals surface area (Å²) < 4.78 is 0. The fraction of sp³-hybridized carbons (Fsp3) is 0.333. The number of hydrogen-bond acceptors (Lipinski definition) is 3. The first-order valence-electron chi connectivity index (χ1n) is 9.01. The van der Waals surface area contributed by atoms with E-state index in [0.29, 0.717) is 16.8 Å². The van der Waals surface area contributed by atoms with Crippen molar-refractivity contribution in [1.82, 2.24) is 10.2 Å². The highest BCUT2D eigenvalue weighted by molar-refractivity contribution is 6.05. The topological polar surface area (TPSA) is 61.4 Å². The van der Waals surface area contributed by atoms with Crippen LogP contribution >= 0.6 is 0 Å². The van der Waals surface area contributed by atoms with Gasteiger partial charge in [-0.15, -0.1) is 0 Å². The molecule has 0 aromatic heterocycles. The van der Waals surface area contributed by atoms with Gasteiger partial charge >= 0.3 is 0 Å². The summed E-state index contributed by atoms with van der Waals surface area (Å²) in [5.41, 5.74) is 2.79. The van der Waals surface area contributed by atoms with Crippen molar-refractivity contribution < 1.29 is 9.59 Å². The van der Waals surface area contributed by atoms with Gasteiger partial charge in [-0.1, -0.05) is 24.3 Å². The second-order valence-electron chi connectivity index (χ2n) is 6.75. The predicted octanol–water partition coefficient (Wildman–Crippen LogP) is 3.07. The van der Waals surface area contributed by atoms with Gasteiger partial charge in [0.1, 0.15) is 0 Å². The highest BCUT2D eigenvalue weighted by atomic mass is 16.2. The molecule has 1 saturated heterocycles. The maximum absolute atomic E-state index is 12.9. The van der Waals surface area contributed by atoms with E-state index in [1.54, 1.807) is 18.2 Å². The number of aryl methyl sites for hydroxylation is 1. The van der Waals surface area contributed by atoms with Crippen LogP contribution in [0.15, 0.2) is 48.5 Å². The molecule has 1 fully saturated rings. The number of nitrogens with zero attached hydrogens (tertiary/aromatic N) is 1. The van der Waals surface area contributed by atoms with Crippen molar-refractivity contribution in [3.05, 3.63) is 65.2 Å². The van der Waals surface area contributed by atoms with Crippen molar-refractivity contribution in [3.63, 3.8) is 0 Å². The molecular weight excluding hydrogens is 326 g/mol. The Morgan fingerprint density at radius 1 is 1.04 bits per heavy atom. The summed E-state index contributed by atoms with van der Waals surface area (Å²) in [6.07, 6.45) is 1.93. The molecular formula is C21H25N3O2. The lowest BCUT2D eigenvalue weighted by atomic mass is 10.0. The van der Waals surface area contributed by atoms with E-state index in [1.165, 1.54) is 0 Å². The molecule has 0 unspecified atom stereocenters. The number of benzene rings is 2. The Balaban J connectivity index is 1.76. The van der Waals surface area contributed by atoms with E-state index in [9.17, 15) is 9.59 Å². The van der Waals surface area contributed by atoms with Crippen LogP contribution in [0.25, 0.3) is 0 Å². The molecule has 0 radical (unpaired) electrons. The third kappa shape index (κ3) is 4.11. The maximum atomic E-state index is 12.9. The van der Waals surface area contributed by atoms with Gasteiger partial charge in [0.05, 0.1) is 0 Å². The van der Waals surface area contributed by atoms with Crippen molar-refractivity contribution in [3.8, 4) is 0 Å². The second kappa shape index (κ2) is 8.15. The Bertz CT molecular complexity index is 783. The maximum Gasteiger partial charge on any atom is 0.255 e. The fourth-order valence-electron chi connectivity index (χ4n) is 3.24. The molecule has 136 valence electrons.